The van der Waals surface area contributed by atoms with Gasteiger partial charge in [0.05, 0.1) is 12.6 Å². The van der Waals surface area contributed by atoms with Crippen molar-refractivity contribution in [2.75, 3.05) is 20.1 Å². The Morgan fingerprint density at radius 3 is 2.65 bits per heavy atom. The molecule has 1 atom stereocenters. The van der Waals surface area contributed by atoms with Crippen LogP contribution in [0, 0.1) is 5.92 Å². The molecule has 2 rings (SSSR count). The molecule has 1 heterocycles. The Hall–Kier alpha value is -1.92. The monoisotopic (exact) mass is 319 g/mol. The van der Waals surface area contributed by atoms with Gasteiger partial charge in [-0.15, -0.1) is 0 Å². The van der Waals surface area contributed by atoms with Crippen LogP contribution in [-0.2, 0) is 6.54 Å². The number of benzene rings is 1. The van der Waals surface area contributed by atoms with Crippen LogP contribution < -0.4 is 5.76 Å². The highest BCUT2D eigenvalue weighted by atomic mass is 16.5. The van der Waals surface area contributed by atoms with Gasteiger partial charge >= 0.3 is 5.76 Å². The number of nitrogens with zero attached hydrogens (tertiary/aromatic N) is 3. The first-order valence-corrected chi connectivity index (χ1v) is 7.96. The molecule has 126 valence electrons. The maximum Gasteiger partial charge on any atom is 0.441 e. The maximum absolute atomic E-state index is 11.9. The molecule has 0 aliphatic carbocycles. The quantitative estimate of drug-likeness (QED) is 0.804. The highest BCUT2D eigenvalue weighted by Gasteiger charge is 2.17. The molecular weight excluding hydrogens is 294 g/mol. The van der Waals surface area contributed by atoms with E-state index in [1.165, 1.54) is 4.57 Å². The Bertz CT molecular complexity index is 649. The van der Waals surface area contributed by atoms with Gasteiger partial charge in [-0.1, -0.05) is 49.3 Å². The largest absolute Gasteiger partial charge is 0.441 e. The van der Waals surface area contributed by atoms with Gasteiger partial charge in [-0.2, -0.15) is 0 Å². The minimum atomic E-state index is -0.660. The summed E-state index contributed by atoms with van der Waals surface area (Å²) in [7, 11) is 1.97. The molecule has 6 nitrogen and oxygen atoms in total. The molecule has 0 fully saturated rings. The summed E-state index contributed by atoms with van der Waals surface area (Å²) in [6, 6.07) is 9.35. The summed E-state index contributed by atoms with van der Waals surface area (Å²) in [5, 5.41) is 14.1. The van der Waals surface area contributed by atoms with Gasteiger partial charge in [-0.05, 0) is 25.9 Å². The van der Waals surface area contributed by atoms with E-state index < -0.39 is 11.9 Å². The van der Waals surface area contributed by atoms with Crippen molar-refractivity contribution in [3.05, 3.63) is 40.9 Å². The van der Waals surface area contributed by atoms with Gasteiger partial charge in [-0.25, -0.2) is 4.79 Å². The Labute approximate surface area is 136 Å². The van der Waals surface area contributed by atoms with Crippen molar-refractivity contribution in [3.63, 3.8) is 0 Å². The van der Waals surface area contributed by atoms with Crippen molar-refractivity contribution < 1.29 is 9.63 Å². The number of aromatic nitrogens is 2. The van der Waals surface area contributed by atoms with Crippen LogP contribution in [0.1, 0.15) is 20.3 Å². The third-order valence-corrected chi connectivity index (χ3v) is 3.72. The van der Waals surface area contributed by atoms with Gasteiger partial charge in [0.25, 0.3) is 0 Å². The molecule has 1 unspecified atom stereocenters. The Morgan fingerprint density at radius 1 is 1.30 bits per heavy atom. The van der Waals surface area contributed by atoms with Crippen LogP contribution in [0.5, 0.6) is 0 Å². The number of aliphatic hydroxyl groups is 1. The zero-order chi connectivity index (χ0) is 16.8. The van der Waals surface area contributed by atoms with E-state index >= 15 is 0 Å². The molecule has 0 bridgehead atoms. The molecule has 1 aromatic carbocycles. The predicted octanol–water partition coefficient (Wildman–Crippen LogP) is 1.84. The summed E-state index contributed by atoms with van der Waals surface area (Å²) in [6.45, 7) is 5.93. The number of rotatable bonds is 8. The molecule has 0 spiro atoms. The van der Waals surface area contributed by atoms with Gasteiger partial charge in [0.2, 0.25) is 0 Å². The molecule has 6 heteroatoms. The van der Waals surface area contributed by atoms with E-state index in [-0.39, 0.29) is 6.54 Å². The number of likely N-dealkylation sites (N-methyl/N-ethyl adjacent to an activating group) is 1. The van der Waals surface area contributed by atoms with Crippen LogP contribution in [0.15, 0.2) is 39.6 Å². The van der Waals surface area contributed by atoms with Crippen LogP contribution >= 0.6 is 0 Å². The van der Waals surface area contributed by atoms with E-state index in [4.69, 9.17) is 4.52 Å². The second kappa shape index (κ2) is 8.08. The maximum atomic E-state index is 11.9. The molecular formula is C17H25N3O3. The second-order valence-electron chi connectivity index (χ2n) is 6.35. The topological polar surface area (TPSA) is 71.5 Å². The molecule has 0 saturated carbocycles. The van der Waals surface area contributed by atoms with Crippen LogP contribution in [0.2, 0.25) is 0 Å². The van der Waals surface area contributed by atoms with Gasteiger partial charge < -0.3 is 10.0 Å². The summed E-state index contributed by atoms with van der Waals surface area (Å²) >= 11 is 0. The SMILES string of the molecule is CC(C)CCN(C)CC(O)Cn1c(-c2ccccc2)noc1=O. The van der Waals surface area contributed by atoms with Crippen molar-refractivity contribution >= 4 is 0 Å². The Balaban J connectivity index is 2.03. The van der Waals surface area contributed by atoms with E-state index in [1.807, 2.05) is 37.4 Å². The van der Waals surface area contributed by atoms with Gasteiger partial charge in [0, 0.05) is 12.1 Å². The molecule has 1 N–H and O–H groups in total. The average molecular weight is 319 g/mol. The fraction of sp³-hybridized carbons (Fsp3) is 0.529. The predicted molar refractivity (Wildman–Crippen MR) is 89.2 cm³/mol. The molecule has 23 heavy (non-hydrogen) atoms. The van der Waals surface area contributed by atoms with Gasteiger partial charge in [-0.3, -0.25) is 9.09 Å². The lowest BCUT2D eigenvalue weighted by atomic mass is 10.1. The summed E-state index contributed by atoms with van der Waals surface area (Å²) < 4.78 is 6.15. The number of hydrogen-bond acceptors (Lipinski definition) is 5. The Morgan fingerprint density at radius 2 is 2.00 bits per heavy atom. The molecule has 0 aliphatic heterocycles. The lowest BCUT2D eigenvalue weighted by Crippen LogP contribution is -2.35. The first-order valence-electron chi connectivity index (χ1n) is 7.96. The van der Waals surface area contributed by atoms with Crippen molar-refractivity contribution in [1.82, 2.24) is 14.6 Å². The second-order valence-corrected chi connectivity index (χ2v) is 6.35. The van der Waals surface area contributed by atoms with Crippen LogP contribution in [0.3, 0.4) is 0 Å². The molecule has 2 aromatic rings. The molecule has 0 radical (unpaired) electrons. The van der Waals surface area contributed by atoms with Crippen molar-refractivity contribution in [1.29, 1.82) is 0 Å². The standard InChI is InChI=1S/C17H25N3O3/c1-13(2)9-10-19(3)11-15(21)12-20-16(18-23-17(20)22)14-7-5-4-6-8-14/h4-8,13,15,21H,9-12H2,1-3H3. The van der Waals surface area contributed by atoms with Gasteiger partial charge in [0.1, 0.15) is 0 Å². The first-order chi connectivity index (χ1) is 11.0. The lowest BCUT2D eigenvalue weighted by molar-refractivity contribution is 0.106. The molecule has 0 aliphatic rings. The molecule has 0 saturated heterocycles. The summed E-state index contributed by atoms with van der Waals surface area (Å²) in [5.74, 6) is 0.521. The van der Waals surface area contributed by atoms with Crippen molar-refractivity contribution in [2.24, 2.45) is 5.92 Å². The number of aliphatic hydroxyl groups excluding tert-OH is 1. The van der Waals surface area contributed by atoms with Crippen LogP contribution in [-0.4, -0.2) is 46.0 Å². The summed E-state index contributed by atoms with van der Waals surface area (Å²) in [6.07, 6.45) is 0.415. The van der Waals surface area contributed by atoms with Crippen molar-refractivity contribution in [2.45, 2.75) is 32.9 Å². The lowest BCUT2D eigenvalue weighted by Gasteiger charge is -2.21. The smallest absolute Gasteiger partial charge is 0.390 e. The highest BCUT2D eigenvalue weighted by molar-refractivity contribution is 5.54. The van der Waals surface area contributed by atoms with E-state index in [2.05, 4.69) is 23.9 Å². The molecule has 0 amide bonds. The summed E-state index contributed by atoms with van der Waals surface area (Å²) in [4.78, 5) is 13.9. The zero-order valence-corrected chi connectivity index (χ0v) is 14.0. The summed E-state index contributed by atoms with van der Waals surface area (Å²) in [5.41, 5.74) is 0.790. The average Bonchev–Trinajstić information content (AvgIpc) is 2.87. The van der Waals surface area contributed by atoms with E-state index in [0.29, 0.717) is 18.3 Å². The molecule has 1 aromatic heterocycles. The Kier molecular flexibility index (Phi) is 6.12. The normalized spacial score (nSPS) is 13.0. The third kappa shape index (κ3) is 5.04. The van der Waals surface area contributed by atoms with Crippen LogP contribution in [0.25, 0.3) is 11.4 Å². The fourth-order valence-corrected chi connectivity index (χ4v) is 2.42. The first kappa shape index (κ1) is 17.4. The minimum Gasteiger partial charge on any atom is -0.390 e. The van der Waals surface area contributed by atoms with E-state index in [9.17, 15) is 9.90 Å². The van der Waals surface area contributed by atoms with Gasteiger partial charge in [0.15, 0.2) is 5.82 Å². The minimum absolute atomic E-state index is 0.165. The highest BCUT2D eigenvalue weighted by Crippen LogP contribution is 2.15. The zero-order valence-electron chi connectivity index (χ0n) is 14.0. The third-order valence-electron chi connectivity index (χ3n) is 3.72. The van der Waals surface area contributed by atoms with E-state index in [1.54, 1.807) is 0 Å². The van der Waals surface area contributed by atoms with Crippen LogP contribution in [0.4, 0.5) is 0 Å². The fourth-order valence-electron chi connectivity index (χ4n) is 2.42. The van der Waals surface area contributed by atoms with Crippen molar-refractivity contribution in [3.8, 4) is 11.4 Å². The number of hydrogen-bond donors (Lipinski definition) is 1. The van der Waals surface area contributed by atoms with E-state index in [0.717, 1.165) is 18.5 Å².